The van der Waals surface area contributed by atoms with Crippen LogP contribution in [-0.4, -0.2) is 28.0 Å². The summed E-state index contributed by atoms with van der Waals surface area (Å²) in [5, 5.41) is 13.4. The summed E-state index contributed by atoms with van der Waals surface area (Å²) < 4.78 is 7.38. The number of hydrogen-bond acceptors (Lipinski definition) is 3. The Bertz CT molecular complexity index is 655. The van der Waals surface area contributed by atoms with Gasteiger partial charge in [0.15, 0.2) is 5.69 Å². The number of aromatic nitrogens is 2. The molecule has 100 valence electrons. The van der Waals surface area contributed by atoms with Gasteiger partial charge >= 0.3 is 5.97 Å². The number of halogens is 2. The van der Waals surface area contributed by atoms with E-state index in [1.807, 2.05) is 0 Å². The fraction of sp³-hybridized carbons (Fsp3) is 0.167. The Hall–Kier alpha value is -1.53. The first-order valence-corrected chi connectivity index (χ1v) is 6.42. The van der Waals surface area contributed by atoms with Gasteiger partial charge in [-0.3, -0.25) is 4.68 Å². The third-order valence-corrected chi connectivity index (χ3v) is 3.63. The molecule has 1 aromatic heterocycles. The molecule has 0 saturated carbocycles. The second-order valence-corrected chi connectivity index (χ2v) is 5.04. The maximum atomic E-state index is 10.9. The number of carbonyl (C=O) groups is 1. The van der Waals surface area contributed by atoms with E-state index < -0.39 is 5.97 Å². The molecule has 0 atom stereocenters. The Labute approximate surface area is 122 Å². The number of benzene rings is 1. The van der Waals surface area contributed by atoms with Gasteiger partial charge in [-0.2, -0.15) is 5.10 Å². The topological polar surface area (TPSA) is 64.3 Å². The van der Waals surface area contributed by atoms with Crippen molar-refractivity contribution in [1.29, 1.82) is 0 Å². The average molecular weight is 346 g/mol. The molecular weight excluding hydrogens is 336 g/mol. The Morgan fingerprint density at radius 3 is 2.68 bits per heavy atom. The number of ether oxygens (including phenoxy) is 1. The molecule has 0 radical (unpaired) electrons. The van der Waals surface area contributed by atoms with Crippen molar-refractivity contribution in [1.82, 2.24) is 9.78 Å². The van der Waals surface area contributed by atoms with Gasteiger partial charge in [0.2, 0.25) is 0 Å². The number of nitrogens with zero attached hydrogens (tertiary/aromatic N) is 2. The number of hydrogen-bond donors (Lipinski definition) is 1. The Balaban J connectivity index is 2.65. The van der Waals surface area contributed by atoms with Crippen LogP contribution in [0, 0.1) is 0 Å². The minimum Gasteiger partial charge on any atom is -0.495 e. The highest BCUT2D eigenvalue weighted by Crippen LogP contribution is 2.38. The van der Waals surface area contributed by atoms with Crippen LogP contribution in [0.15, 0.2) is 22.7 Å². The molecule has 0 aliphatic heterocycles. The van der Waals surface area contributed by atoms with Gasteiger partial charge < -0.3 is 9.84 Å². The molecule has 5 nitrogen and oxygen atoms in total. The SMILES string of the molecule is COc1cc(Cl)cc(-c2cc(C(=O)O)nn2C)c1Br. The average Bonchev–Trinajstić information content (AvgIpc) is 2.74. The monoisotopic (exact) mass is 344 g/mol. The van der Waals surface area contributed by atoms with Gasteiger partial charge in [0, 0.05) is 17.6 Å². The number of methoxy groups -OCH3 is 1. The molecule has 2 aromatic rings. The van der Waals surface area contributed by atoms with E-state index in [0.29, 0.717) is 26.5 Å². The third-order valence-electron chi connectivity index (χ3n) is 2.60. The van der Waals surface area contributed by atoms with Gasteiger partial charge in [-0.1, -0.05) is 11.6 Å². The van der Waals surface area contributed by atoms with Crippen molar-refractivity contribution in [2.75, 3.05) is 7.11 Å². The van der Waals surface area contributed by atoms with Crippen LogP contribution in [-0.2, 0) is 7.05 Å². The van der Waals surface area contributed by atoms with Crippen molar-refractivity contribution in [3.05, 3.63) is 33.4 Å². The lowest BCUT2D eigenvalue weighted by Gasteiger charge is -2.10. The molecule has 19 heavy (non-hydrogen) atoms. The van der Waals surface area contributed by atoms with E-state index in [0.717, 1.165) is 0 Å². The van der Waals surface area contributed by atoms with Crippen LogP contribution in [0.5, 0.6) is 5.75 Å². The van der Waals surface area contributed by atoms with Gasteiger partial charge in [0.25, 0.3) is 0 Å². The molecular formula is C12H10BrClN2O3. The Kier molecular flexibility index (Phi) is 3.82. The summed E-state index contributed by atoms with van der Waals surface area (Å²) in [5.41, 5.74) is 1.32. The van der Waals surface area contributed by atoms with Crippen LogP contribution in [0.2, 0.25) is 5.02 Å². The summed E-state index contributed by atoms with van der Waals surface area (Å²) in [7, 11) is 3.20. The molecule has 0 bridgehead atoms. The standard InChI is InChI=1S/C12H10BrClN2O3/c1-16-9(5-8(15-16)12(17)18)7-3-6(14)4-10(19-2)11(7)13/h3-5H,1-2H3,(H,17,18). The van der Waals surface area contributed by atoms with Crippen LogP contribution in [0.3, 0.4) is 0 Å². The number of rotatable bonds is 3. The molecule has 0 aliphatic carbocycles. The molecule has 0 unspecified atom stereocenters. The van der Waals surface area contributed by atoms with Crippen molar-refractivity contribution in [3.63, 3.8) is 0 Å². The first kappa shape index (κ1) is 13.9. The number of carboxylic acids is 1. The van der Waals surface area contributed by atoms with Crippen molar-refractivity contribution in [3.8, 4) is 17.0 Å². The zero-order valence-electron chi connectivity index (χ0n) is 10.1. The summed E-state index contributed by atoms with van der Waals surface area (Å²) in [6.07, 6.45) is 0. The molecule has 1 aromatic carbocycles. The molecule has 0 amide bonds. The number of aromatic carboxylic acids is 1. The van der Waals surface area contributed by atoms with Crippen LogP contribution in [0.1, 0.15) is 10.5 Å². The first-order valence-electron chi connectivity index (χ1n) is 5.24. The van der Waals surface area contributed by atoms with Gasteiger partial charge in [-0.05, 0) is 34.1 Å². The lowest BCUT2D eigenvalue weighted by Crippen LogP contribution is -1.99. The Morgan fingerprint density at radius 1 is 1.47 bits per heavy atom. The summed E-state index contributed by atoms with van der Waals surface area (Å²) in [6, 6.07) is 4.87. The normalized spacial score (nSPS) is 10.5. The Morgan fingerprint density at radius 2 is 2.16 bits per heavy atom. The summed E-state index contributed by atoms with van der Waals surface area (Å²) in [6.45, 7) is 0. The lowest BCUT2D eigenvalue weighted by atomic mass is 10.1. The highest BCUT2D eigenvalue weighted by Gasteiger charge is 2.17. The fourth-order valence-corrected chi connectivity index (χ4v) is 2.53. The molecule has 1 N–H and O–H groups in total. The van der Waals surface area contributed by atoms with Crippen LogP contribution < -0.4 is 4.74 Å². The van der Waals surface area contributed by atoms with Crippen LogP contribution >= 0.6 is 27.5 Å². The highest BCUT2D eigenvalue weighted by atomic mass is 79.9. The molecule has 0 aliphatic rings. The van der Waals surface area contributed by atoms with E-state index in [4.69, 9.17) is 21.4 Å². The van der Waals surface area contributed by atoms with E-state index in [2.05, 4.69) is 21.0 Å². The van der Waals surface area contributed by atoms with Gasteiger partial charge in [0.05, 0.1) is 17.3 Å². The van der Waals surface area contributed by atoms with E-state index in [1.54, 1.807) is 19.2 Å². The largest absolute Gasteiger partial charge is 0.495 e. The van der Waals surface area contributed by atoms with Crippen LogP contribution in [0.4, 0.5) is 0 Å². The lowest BCUT2D eigenvalue weighted by molar-refractivity contribution is 0.0689. The molecule has 7 heteroatoms. The van der Waals surface area contributed by atoms with Crippen molar-refractivity contribution < 1.29 is 14.6 Å². The van der Waals surface area contributed by atoms with Crippen molar-refractivity contribution in [2.45, 2.75) is 0 Å². The summed E-state index contributed by atoms with van der Waals surface area (Å²) >= 11 is 9.45. The van der Waals surface area contributed by atoms with Gasteiger partial charge in [0.1, 0.15) is 5.75 Å². The van der Waals surface area contributed by atoms with Crippen LogP contribution in [0.25, 0.3) is 11.3 Å². The second kappa shape index (κ2) is 5.22. The maximum absolute atomic E-state index is 10.9. The summed E-state index contributed by atoms with van der Waals surface area (Å²) in [5.74, 6) is -0.507. The maximum Gasteiger partial charge on any atom is 0.356 e. The minimum atomic E-state index is -1.08. The molecule has 0 fully saturated rings. The molecule has 1 heterocycles. The zero-order chi connectivity index (χ0) is 14.2. The predicted octanol–water partition coefficient (Wildman–Crippen LogP) is 3.21. The number of aryl methyl sites for hydroxylation is 1. The third kappa shape index (κ3) is 2.59. The van der Waals surface area contributed by atoms with E-state index >= 15 is 0 Å². The van der Waals surface area contributed by atoms with Gasteiger partial charge in [-0.15, -0.1) is 0 Å². The number of carboxylic acid groups (broad SMARTS) is 1. The summed E-state index contributed by atoms with van der Waals surface area (Å²) in [4.78, 5) is 10.9. The fourth-order valence-electron chi connectivity index (χ4n) is 1.72. The van der Waals surface area contributed by atoms with E-state index in [9.17, 15) is 4.79 Å². The minimum absolute atomic E-state index is 0.0247. The van der Waals surface area contributed by atoms with E-state index in [-0.39, 0.29) is 5.69 Å². The van der Waals surface area contributed by atoms with Gasteiger partial charge in [-0.25, -0.2) is 4.79 Å². The highest BCUT2D eigenvalue weighted by molar-refractivity contribution is 9.10. The molecule has 0 saturated heterocycles. The van der Waals surface area contributed by atoms with E-state index in [1.165, 1.54) is 17.9 Å². The first-order chi connectivity index (χ1) is 8.93. The van der Waals surface area contributed by atoms with Crippen molar-refractivity contribution >= 4 is 33.5 Å². The second-order valence-electron chi connectivity index (χ2n) is 3.81. The quantitative estimate of drug-likeness (QED) is 0.928. The molecule has 2 rings (SSSR count). The smallest absolute Gasteiger partial charge is 0.356 e. The zero-order valence-corrected chi connectivity index (χ0v) is 12.5. The molecule has 0 spiro atoms. The predicted molar refractivity (Wildman–Crippen MR) is 74.9 cm³/mol. The van der Waals surface area contributed by atoms with Crippen molar-refractivity contribution in [2.24, 2.45) is 7.05 Å².